The molecule has 9 nitrogen and oxygen atoms in total. The fourth-order valence-corrected chi connectivity index (χ4v) is 10.3. The fourth-order valence-electron chi connectivity index (χ4n) is 6.58. The van der Waals surface area contributed by atoms with Crippen LogP contribution in [0.3, 0.4) is 0 Å². The molecule has 2 N–H and O–H groups in total. The lowest BCUT2D eigenvalue weighted by Gasteiger charge is -2.19. The number of carbonyl (C=O) groups excluding carboxylic acids is 2. The van der Waals surface area contributed by atoms with Gasteiger partial charge in [-0.2, -0.15) is 0 Å². The van der Waals surface area contributed by atoms with E-state index in [1.165, 1.54) is 73.9 Å². The number of rotatable bonds is 20. The zero-order valence-electron chi connectivity index (χ0n) is 33.6. The second kappa shape index (κ2) is 21.9. The molecule has 1 aliphatic heterocycles. The van der Waals surface area contributed by atoms with E-state index < -0.39 is 27.1 Å². The first kappa shape index (κ1) is 46.6. The van der Waals surface area contributed by atoms with E-state index in [4.69, 9.17) is 56.1 Å². The van der Waals surface area contributed by atoms with Gasteiger partial charge in [0.15, 0.2) is 15.9 Å². The van der Waals surface area contributed by atoms with Gasteiger partial charge >= 0.3 is 0 Å². The van der Waals surface area contributed by atoms with Gasteiger partial charge in [-0.25, -0.2) is 18.4 Å². The Kier molecular flexibility index (Phi) is 17.3. The van der Waals surface area contributed by atoms with Gasteiger partial charge in [0.2, 0.25) is 0 Å². The number of benzene rings is 4. The number of hydrogen-bond acceptors (Lipinski definition) is 7. The van der Waals surface area contributed by atoms with Crippen molar-refractivity contribution in [2.24, 2.45) is 4.99 Å². The Labute approximate surface area is 372 Å². The number of nitrogens with one attached hydrogen (secondary N) is 2. The molecule has 1 fully saturated rings. The van der Waals surface area contributed by atoms with Crippen LogP contribution in [0.5, 0.6) is 5.75 Å². The minimum absolute atomic E-state index is 0.0203. The molecule has 1 heterocycles. The predicted octanol–water partition coefficient (Wildman–Crippen LogP) is 12.8. The van der Waals surface area contributed by atoms with Gasteiger partial charge in [-0.05, 0) is 81.3 Å². The van der Waals surface area contributed by atoms with Gasteiger partial charge in [-0.3, -0.25) is 15.0 Å². The SMILES string of the molecule is CCCCCCCCCCCCS(=O)(=O)c1ccc(N=C2NN(c3c(Cl)cc(Cl)cc3Cl)C(=O)C2Sc2ccccc2NC(=O)C(C)Oc2ccc(C)cc2C)c(Cl)c1. The Balaban J connectivity index is 1.35. The lowest BCUT2D eigenvalue weighted by atomic mass is 10.1. The average Bonchev–Trinajstić information content (AvgIpc) is 3.47. The highest BCUT2D eigenvalue weighted by molar-refractivity contribution is 8.01. The number of hydrazine groups is 1. The summed E-state index contributed by atoms with van der Waals surface area (Å²) < 4.78 is 32.6. The number of para-hydroxylation sites is 1. The zero-order chi connectivity index (χ0) is 42.7. The molecular weight excluding hydrogens is 870 g/mol. The molecule has 1 aliphatic rings. The molecule has 0 aromatic heterocycles. The van der Waals surface area contributed by atoms with Crippen LogP contribution in [0.1, 0.15) is 89.2 Å². The number of hydrogen-bond donors (Lipinski definition) is 2. The average molecular weight is 921 g/mol. The van der Waals surface area contributed by atoms with Crippen LogP contribution in [0.2, 0.25) is 20.1 Å². The maximum atomic E-state index is 14.3. The summed E-state index contributed by atoms with van der Waals surface area (Å²) in [5.74, 6) is -0.0783. The number of nitrogens with zero attached hydrogens (tertiary/aromatic N) is 2. The van der Waals surface area contributed by atoms with Gasteiger partial charge in [-0.15, -0.1) is 11.8 Å². The molecule has 2 atom stereocenters. The molecule has 15 heteroatoms. The molecule has 2 amide bonds. The number of halogens is 4. The summed E-state index contributed by atoms with van der Waals surface area (Å²) >= 11 is 27.2. The van der Waals surface area contributed by atoms with Gasteiger partial charge in [0.25, 0.3) is 11.8 Å². The summed E-state index contributed by atoms with van der Waals surface area (Å²) in [5.41, 5.74) is 5.88. The lowest BCUT2D eigenvalue weighted by Crippen LogP contribution is -2.36. The number of amidine groups is 1. The standard InChI is InChI=1S/C44H50Cl4N4O5S2/c1-5-6-7-8-9-10-11-12-13-16-23-59(55,56)32-20-21-36(33(46)27-32)49-42-41(44(54)52(51-42)40-34(47)25-31(45)26-35(40)48)58-39-18-15-14-17-37(39)50-43(53)30(4)57-38-22-19-28(2)24-29(38)3/h14-15,17-22,24-27,30,41H,5-13,16,23H2,1-4H3,(H,49,51)(H,50,53). The summed E-state index contributed by atoms with van der Waals surface area (Å²) in [7, 11) is -3.59. The monoisotopic (exact) mass is 918 g/mol. The molecule has 1 saturated heterocycles. The Bertz CT molecular complexity index is 2250. The highest BCUT2D eigenvalue weighted by Crippen LogP contribution is 2.41. The van der Waals surface area contributed by atoms with Gasteiger partial charge < -0.3 is 10.1 Å². The van der Waals surface area contributed by atoms with Crippen LogP contribution in [0.25, 0.3) is 0 Å². The third-order valence-corrected chi connectivity index (χ3v) is 14.0. The number of anilines is 2. The third kappa shape index (κ3) is 12.8. The fraction of sp³-hybridized carbons (Fsp3) is 0.386. The number of amides is 2. The molecule has 0 aliphatic carbocycles. The van der Waals surface area contributed by atoms with Crippen molar-refractivity contribution in [3.05, 3.63) is 104 Å². The maximum Gasteiger partial charge on any atom is 0.267 e. The van der Waals surface area contributed by atoms with E-state index in [1.807, 2.05) is 32.0 Å². The predicted molar refractivity (Wildman–Crippen MR) is 245 cm³/mol. The largest absolute Gasteiger partial charge is 0.481 e. The zero-order valence-corrected chi connectivity index (χ0v) is 38.3. The molecule has 0 bridgehead atoms. The molecule has 0 spiro atoms. The molecule has 4 aromatic rings. The molecule has 59 heavy (non-hydrogen) atoms. The van der Waals surface area contributed by atoms with Crippen molar-refractivity contribution < 1.29 is 22.7 Å². The normalized spacial score (nSPS) is 15.4. The molecular formula is C44H50Cl4N4O5S2. The van der Waals surface area contributed by atoms with Crippen molar-refractivity contribution in [2.75, 3.05) is 16.1 Å². The summed E-state index contributed by atoms with van der Waals surface area (Å²) in [6.07, 6.45) is 10.2. The number of aryl methyl sites for hydroxylation is 2. The quantitative estimate of drug-likeness (QED) is 0.0848. The number of sulfone groups is 1. The second-order valence-corrected chi connectivity index (χ2v) is 19.5. The van der Waals surface area contributed by atoms with E-state index in [0.717, 1.165) is 42.2 Å². The van der Waals surface area contributed by atoms with Crippen molar-refractivity contribution in [3.63, 3.8) is 0 Å². The first-order valence-corrected chi connectivity index (χ1v) is 23.9. The van der Waals surface area contributed by atoms with E-state index in [9.17, 15) is 18.0 Å². The van der Waals surface area contributed by atoms with E-state index in [0.29, 0.717) is 22.8 Å². The van der Waals surface area contributed by atoms with Crippen LogP contribution in [0.15, 0.2) is 87.6 Å². The van der Waals surface area contributed by atoms with Crippen molar-refractivity contribution in [3.8, 4) is 5.75 Å². The van der Waals surface area contributed by atoms with E-state index in [2.05, 4.69) is 17.7 Å². The van der Waals surface area contributed by atoms with Crippen molar-refractivity contribution in [2.45, 2.75) is 113 Å². The highest BCUT2D eigenvalue weighted by atomic mass is 35.5. The molecule has 316 valence electrons. The van der Waals surface area contributed by atoms with Crippen LogP contribution in [-0.4, -0.2) is 43.2 Å². The first-order chi connectivity index (χ1) is 28.2. The molecule has 0 radical (unpaired) electrons. The van der Waals surface area contributed by atoms with Crippen LogP contribution in [-0.2, 0) is 19.4 Å². The number of ether oxygens (including phenoxy) is 1. The Morgan fingerprint density at radius 1 is 0.864 bits per heavy atom. The van der Waals surface area contributed by atoms with Crippen LogP contribution in [0.4, 0.5) is 17.1 Å². The summed E-state index contributed by atoms with van der Waals surface area (Å²) in [6.45, 7) is 7.77. The minimum Gasteiger partial charge on any atom is -0.481 e. The van der Waals surface area contributed by atoms with Gasteiger partial charge in [0.05, 0.1) is 37.1 Å². The third-order valence-electron chi connectivity index (χ3n) is 9.80. The van der Waals surface area contributed by atoms with E-state index in [-0.39, 0.29) is 53.9 Å². The van der Waals surface area contributed by atoms with Gasteiger partial charge in [0, 0.05) is 9.92 Å². The van der Waals surface area contributed by atoms with Crippen LogP contribution < -0.4 is 20.5 Å². The maximum absolute atomic E-state index is 14.3. The summed E-state index contributed by atoms with van der Waals surface area (Å²) in [4.78, 5) is 33.1. The Hall–Kier alpha value is -3.45. The Morgan fingerprint density at radius 2 is 1.51 bits per heavy atom. The van der Waals surface area contributed by atoms with Crippen LogP contribution >= 0.6 is 58.2 Å². The number of aliphatic imine (C=N–C) groups is 1. The molecule has 4 aromatic carbocycles. The summed E-state index contributed by atoms with van der Waals surface area (Å²) in [5, 5.41) is 3.73. The van der Waals surface area contributed by atoms with E-state index in [1.54, 1.807) is 31.2 Å². The van der Waals surface area contributed by atoms with Gasteiger partial charge in [0.1, 0.15) is 22.5 Å². The van der Waals surface area contributed by atoms with Crippen LogP contribution in [0, 0.1) is 13.8 Å². The van der Waals surface area contributed by atoms with Crippen molar-refractivity contribution in [1.82, 2.24) is 5.43 Å². The molecule has 5 rings (SSSR count). The Morgan fingerprint density at radius 3 is 2.15 bits per heavy atom. The van der Waals surface area contributed by atoms with E-state index >= 15 is 0 Å². The molecule has 0 saturated carbocycles. The van der Waals surface area contributed by atoms with Crippen molar-refractivity contribution >= 4 is 103 Å². The second-order valence-electron chi connectivity index (χ2n) is 14.6. The topological polar surface area (TPSA) is 117 Å². The minimum atomic E-state index is -3.59. The number of carbonyl (C=O) groups is 2. The smallest absolute Gasteiger partial charge is 0.267 e. The highest BCUT2D eigenvalue weighted by Gasteiger charge is 2.41. The molecule has 2 unspecified atom stereocenters. The van der Waals surface area contributed by atoms with Gasteiger partial charge in [-0.1, -0.05) is 141 Å². The number of unbranched alkanes of at least 4 members (excludes halogenated alkanes) is 9. The first-order valence-electron chi connectivity index (χ1n) is 19.8. The number of thioether (sulfide) groups is 1. The lowest BCUT2D eigenvalue weighted by molar-refractivity contribution is -0.122. The summed E-state index contributed by atoms with van der Waals surface area (Å²) in [6, 6.07) is 20.1. The van der Waals surface area contributed by atoms with Crippen molar-refractivity contribution in [1.29, 1.82) is 0 Å².